The third-order valence-corrected chi connectivity index (χ3v) is 5.58. The zero-order valence-electron chi connectivity index (χ0n) is 19.4. The van der Waals surface area contributed by atoms with E-state index < -0.39 is 5.97 Å². The van der Waals surface area contributed by atoms with Crippen LogP contribution in [-0.2, 0) is 4.79 Å². The van der Waals surface area contributed by atoms with Gasteiger partial charge in [0.05, 0.1) is 5.36 Å². The summed E-state index contributed by atoms with van der Waals surface area (Å²) in [6, 6.07) is 15.9. The van der Waals surface area contributed by atoms with E-state index in [0.717, 1.165) is 62.1 Å². The van der Waals surface area contributed by atoms with Gasteiger partial charge in [-0.25, -0.2) is 4.79 Å². The first-order valence-corrected chi connectivity index (χ1v) is 11.1. The number of anilines is 1. The number of aryl methyl sites for hydroxylation is 2. The first-order chi connectivity index (χ1) is 15.9. The molecule has 2 aromatic rings. The Morgan fingerprint density at radius 2 is 1.82 bits per heavy atom. The normalized spacial score (nSPS) is 11.8. The molecule has 0 saturated heterocycles. The van der Waals surface area contributed by atoms with Crippen LogP contribution in [0.2, 0.25) is 0 Å². The fraction of sp³-hybridized carbons (Fsp3) is 0.259. The number of fused-ring (bicyclic) bond motifs is 2. The van der Waals surface area contributed by atoms with Crippen molar-refractivity contribution >= 4 is 22.6 Å². The van der Waals surface area contributed by atoms with Crippen molar-refractivity contribution < 1.29 is 19.1 Å². The van der Waals surface area contributed by atoms with Gasteiger partial charge in [0.2, 0.25) is 0 Å². The molecule has 0 radical (unpaired) electrons. The van der Waals surface area contributed by atoms with Crippen LogP contribution in [0.4, 0.5) is 5.69 Å². The Morgan fingerprint density at radius 3 is 2.48 bits per heavy atom. The fourth-order valence-corrected chi connectivity index (χ4v) is 4.08. The number of benzene rings is 3. The van der Waals surface area contributed by atoms with E-state index in [1.165, 1.54) is 0 Å². The summed E-state index contributed by atoms with van der Waals surface area (Å²) in [7, 11) is 0. The number of carboxylic acids is 1. The van der Waals surface area contributed by atoms with Crippen molar-refractivity contribution in [2.45, 2.75) is 27.7 Å². The molecule has 6 heteroatoms. The molecule has 2 aliphatic rings. The summed E-state index contributed by atoms with van der Waals surface area (Å²) in [6.45, 7) is 9.39. The van der Waals surface area contributed by atoms with Crippen LogP contribution in [0.25, 0.3) is 33.4 Å². The molecule has 2 N–H and O–H groups in total. The van der Waals surface area contributed by atoms with Gasteiger partial charge in [-0.3, -0.25) is 4.99 Å². The van der Waals surface area contributed by atoms with E-state index in [0.29, 0.717) is 12.3 Å². The van der Waals surface area contributed by atoms with Crippen molar-refractivity contribution in [3.05, 3.63) is 65.0 Å². The van der Waals surface area contributed by atoms with Crippen molar-refractivity contribution in [1.29, 1.82) is 0 Å². The van der Waals surface area contributed by atoms with Crippen LogP contribution in [0, 0.1) is 13.8 Å². The summed E-state index contributed by atoms with van der Waals surface area (Å²) in [5.41, 5.74) is 7.12. The first-order valence-electron chi connectivity index (χ1n) is 11.1. The lowest BCUT2D eigenvalue weighted by molar-refractivity contribution is -0.139. The predicted molar refractivity (Wildman–Crippen MR) is 131 cm³/mol. The standard InChI is InChI=1S/C27H28N2O4/c1-5-28-22-13-24-20(11-16(22)3)27(18-7-9-19(10-8-18)32-15-26(30)31)21-12-17(4)23(29-6-2)14-25(21)33-24/h7-14,28H,5-6,15H2,1-4H3,(H,30,31)/b29-23-. The van der Waals surface area contributed by atoms with Gasteiger partial charge in [-0.15, -0.1) is 0 Å². The third-order valence-electron chi connectivity index (χ3n) is 5.58. The zero-order valence-corrected chi connectivity index (χ0v) is 19.4. The highest BCUT2D eigenvalue weighted by Gasteiger charge is 2.19. The number of hydrogen-bond acceptors (Lipinski definition) is 5. The van der Waals surface area contributed by atoms with Crippen molar-refractivity contribution in [3.8, 4) is 28.2 Å². The molecule has 33 heavy (non-hydrogen) atoms. The molecule has 6 nitrogen and oxygen atoms in total. The molecule has 0 aromatic heterocycles. The van der Waals surface area contributed by atoms with Crippen LogP contribution in [-0.4, -0.2) is 30.8 Å². The van der Waals surface area contributed by atoms with Crippen molar-refractivity contribution in [2.24, 2.45) is 4.99 Å². The quantitative estimate of drug-likeness (QED) is 0.361. The molecule has 4 rings (SSSR count). The second-order valence-electron chi connectivity index (χ2n) is 7.99. The fourth-order valence-electron chi connectivity index (χ4n) is 4.08. The van der Waals surface area contributed by atoms with E-state index in [1.807, 2.05) is 25.1 Å². The number of carboxylic acid groups (broad SMARTS) is 1. The molecule has 0 unspecified atom stereocenters. The van der Waals surface area contributed by atoms with Crippen LogP contribution in [0.15, 0.2) is 57.9 Å². The van der Waals surface area contributed by atoms with E-state index >= 15 is 0 Å². The van der Waals surface area contributed by atoms with E-state index in [1.54, 1.807) is 12.1 Å². The molecular weight excluding hydrogens is 416 g/mol. The Bertz CT molecular complexity index is 1350. The van der Waals surface area contributed by atoms with Crippen LogP contribution in [0.3, 0.4) is 0 Å². The lowest BCUT2D eigenvalue weighted by Gasteiger charge is -2.18. The van der Waals surface area contributed by atoms with Gasteiger partial charge in [0.1, 0.15) is 17.1 Å². The summed E-state index contributed by atoms with van der Waals surface area (Å²) < 4.78 is 11.7. The van der Waals surface area contributed by atoms with Gasteiger partial charge in [-0.1, -0.05) is 12.1 Å². The number of hydrogen-bond donors (Lipinski definition) is 2. The van der Waals surface area contributed by atoms with E-state index in [2.05, 4.69) is 49.3 Å². The molecular formula is C27H28N2O4. The molecule has 0 saturated carbocycles. The molecule has 1 aliphatic heterocycles. The zero-order chi connectivity index (χ0) is 23.5. The average molecular weight is 445 g/mol. The smallest absolute Gasteiger partial charge is 0.341 e. The maximum absolute atomic E-state index is 10.8. The molecule has 0 atom stereocenters. The maximum atomic E-state index is 10.8. The van der Waals surface area contributed by atoms with Gasteiger partial charge in [0, 0.05) is 47.4 Å². The Kier molecular flexibility index (Phi) is 6.36. The van der Waals surface area contributed by atoms with Gasteiger partial charge in [0.15, 0.2) is 6.61 Å². The van der Waals surface area contributed by atoms with E-state index in [9.17, 15) is 4.79 Å². The second kappa shape index (κ2) is 9.36. The van der Waals surface area contributed by atoms with Crippen LogP contribution in [0.1, 0.15) is 25.0 Å². The van der Waals surface area contributed by atoms with Crippen LogP contribution in [0.5, 0.6) is 5.75 Å². The summed E-state index contributed by atoms with van der Waals surface area (Å²) >= 11 is 0. The Balaban J connectivity index is 1.98. The topological polar surface area (TPSA) is 84.1 Å². The summed E-state index contributed by atoms with van der Waals surface area (Å²) in [5.74, 6) is 0.283. The van der Waals surface area contributed by atoms with Crippen molar-refractivity contribution in [1.82, 2.24) is 0 Å². The lowest BCUT2D eigenvalue weighted by Crippen LogP contribution is -2.09. The largest absolute Gasteiger partial charge is 0.482 e. The van der Waals surface area contributed by atoms with Crippen molar-refractivity contribution in [3.63, 3.8) is 0 Å². The van der Waals surface area contributed by atoms with E-state index in [-0.39, 0.29) is 6.61 Å². The monoisotopic (exact) mass is 444 g/mol. The average Bonchev–Trinajstić information content (AvgIpc) is 2.79. The lowest BCUT2D eigenvalue weighted by atomic mass is 9.91. The Labute approximate surface area is 192 Å². The molecule has 0 amide bonds. The third kappa shape index (κ3) is 4.55. The minimum atomic E-state index is -1.00. The Morgan fingerprint density at radius 1 is 1.06 bits per heavy atom. The van der Waals surface area contributed by atoms with Gasteiger partial charge in [0.25, 0.3) is 0 Å². The second-order valence-corrected chi connectivity index (χ2v) is 7.99. The summed E-state index contributed by atoms with van der Waals surface area (Å²) in [4.78, 5) is 15.4. The number of nitrogens with one attached hydrogen (secondary N) is 1. The minimum Gasteiger partial charge on any atom is -0.482 e. The molecule has 0 fully saturated rings. The molecule has 170 valence electrons. The van der Waals surface area contributed by atoms with E-state index in [4.69, 9.17) is 14.3 Å². The number of ether oxygens (including phenoxy) is 1. The highest BCUT2D eigenvalue weighted by molar-refractivity contribution is 6.03. The number of carbonyl (C=O) groups is 1. The van der Waals surface area contributed by atoms with Crippen LogP contribution < -0.4 is 15.4 Å². The predicted octanol–water partition coefficient (Wildman–Crippen LogP) is 5.64. The molecule has 1 aliphatic carbocycles. The summed E-state index contributed by atoms with van der Waals surface area (Å²) in [5, 5.41) is 14.2. The van der Waals surface area contributed by atoms with Gasteiger partial charge < -0.3 is 19.6 Å². The molecule has 2 aromatic carbocycles. The minimum absolute atomic E-state index is 0.370. The number of aliphatic carboxylic acids is 1. The molecule has 1 heterocycles. The Hall–Kier alpha value is -3.80. The summed E-state index contributed by atoms with van der Waals surface area (Å²) in [6.07, 6.45) is 0. The van der Waals surface area contributed by atoms with Crippen LogP contribution >= 0.6 is 0 Å². The highest BCUT2D eigenvalue weighted by atomic mass is 16.5. The number of nitrogens with zero attached hydrogens (tertiary/aromatic N) is 1. The van der Waals surface area contributed by atoms with Crippen molar-refractivity contribution in [2.75, 3.05) is 25.0 Å². The maximum Gasteiger partial charge on any atom is 0.341 e. The number of rotatable bonds is 7. The van der Waals surface area contributed by atoms with Gasteiger partial charge >= 0.3 is 5.97 Å². The SMILES string of the molecule is CC/N=c1/cc2oc3cc(NCC)c(C)cc3c(-c3ccc(OCC(=O)O)cc3)c-2cc1C. The van der Waals surface area contributed by atoms with Gasteiger partial charge in [-0.05, 0) is 68.7 Å². The highest BCUT2D eigenvalue weighted by Crippen LogP contribution is 2.42. The molecule has 0 spiro atoms. The molecule has 0 bridgehead atoms. The van der Waals surface area contributed by atoms with Gasteiger partial charge in [-0.2, -0.15) is 0 Å². The first kappa shape index (κ1) is 22.4.